The molecular formula is C14H22N2O3S2. The van der Waals surface area contributed by atoms with Gasteiger partial charge in [0.15, 0.2) is 5.82 Å². The van der Waals surface area contributed by atoms with Crippen molar-refractivity contribution in [3.63, 3.8) is 0 Å². The first-order valence-corrected chi connectivity index (χ1v) is 9.35. The summed E-state index contributed by atoms with van der Waals surface area (Å²) in [6.07, 6.45) is 1.08. The van der Waals surface area contributed by atoms with Crippen LogP contribution in [0.15, 0.2) is 4.52 Å². The highest BCUT2D eigenvalue weighted by Crippen LogP contribution is 2.43. The van der Waals surface area contributed by atoms with Gasteiger partial charge >= 0.3 is 5.97 Å². The molecular weight excluding hydrogens is 308 g/mol. The van der Waals surface area contributed by atoms with E-state index in [0.29, 0.717) is 23.6 Å². The third-order valence-electron chi connectivity index (χ3n) is 3.47. The number of nitrogens with zero attached hydrogens (tertiary/aromatic N) is 2. The Kier molecular flexibility index (Phi) is 5.60. The fraction of sp³-hybridized carbons (Fsp3) is 0.786. The zero-order valence-electron chi connectivity index (χ0n) is 12.9. The van der Waals surface area contributed by atoms with Crippen LogP contribution in [0.3, 0.4) is 0 Å². The largest absolute Gasteiger partial charge is 0.465 e. The lowest BCUT2D eigenvalue weighted by atomic mass is 9.94. The molecule has 0 aromatic carbocycles. The SMILES string of the molecule is CCOC(=O)C(C)(C)c1nc(C2SCCSC2CC)no1. The Morgan fingerprint density at radius 1 is 1.38 bits per heavy atom. The van der Waals surface area contributed by atoms with Gasteiger partial charge in [0.1, 0.15) is 5.41 Å². The summed E-state index contributed by atoms with van der Waals surface area (Å²) in [4.78, 5) is 16.5. The number of carbonyl (C=O) groups is 1. The van der Waals surface area contributed by atoms with Crippen molar-refractivity contribution in [3.8, 4) is 0 Å². The van der Waals surface area contributed by atoms with E-state index in [4.69, 9.17) is 9.26 Å². The van der Waals surface area contributed by atoms with Crippen molar-refractivity contribution in [2.75, 3.05) is 18.1 Å². The first kappa shape index (κ1) is 16.7. The number of hydrogen-bond acceptors (Lipinski definition) is 7. The summed E-state index contributed by atoms with van der Waals surface area (Å²) in [6.45, 7) is 7.82. The van der Waals surface area contributed by atoms with E-state index >= 15 is 0 Å². The molecule has 1 fully saturated rings. The Bertz CT molecular complexity index is 490. The van der Waals surface area contributed by atoms with Gasteiger partial charge in [-0.1, -0.05) is 12.1 Å². The van der Waals surface area contributed by atoms with E-state index in [0.717, 1.165) is 12.2 Å². The lowest BCUT2D eigenvalue weighted by Gasteiger charge is -2.27. The fourth-order valence-electron chi connectivity index (χ4n) is 2.15. The second-order valence-corrected chi connectivity index (χ2v) is 8.01. The predicted molar refractivity (Wildman–Crippen MR) is 85.7 cm³/mol. The van der Waals surface area contributed by atoms with Crippen LogP contribution in [0.25, 0.3) is 0 Å². The maximum absolute atomic E-state index is 12.0. The van der Waals surface area contributed by atoms with Crippen LogP contribution in [0.2, 0.25) is 0 Å². The second kappa shape index (κ2) is 7.05. The molecule has 21 heavy (non-hydrogen) atoms. The minimum Gasteiger partial charge on any atom is -0.465 e. The maximum atomic E-state index is 12.0. The summed E-state index contributed by atoms with van der Waals surface area (Å²) in [7, 11) is 0. The summed E-state index contributed by atoms with van der Waals surface area (Å²) >= 11 is 3.83. The van der Waals surface area contributed by atoms with Crippen molar-refractivity contribution in [1.29, 1.82) is 0 Å². The standard InChI is InChI=1S/C14H22N2O3S2/c1-5-9-10(21-8-7-20-9)11-15-12(19-16-11)14(3,4)13(17)18-6-2/h9-10H,5-8H2,1-4H3. The van der Waals surface area contributed by atoms with Gasteiger partial charge in [0.2, 0.25) is 5.89 Å². The number of carbonyl (C=O) groups excluding carboxylic acids is 1. The van der Waals surface area contributed by atoms with Crippen LogP contribution >= 0.6 is 23.5 Å². The van der Waals surface area contributed by atoms with E-state index in [1.165, 1.54) is 5.75 Å². The zero-order valence-corrected chi connectivity index (χ0v) is 14.6. The number of aromatic nitrogens is 2. The molecule has 5 nitrogen and oxygen atoms in total. The summed E-state index contributed by atoms with van der Waals surface area (Å²) < 4.78 is 10.4. The van der Waals surface area contributed by atoms with E-state index < -0.39 is 5.41 Å². The summed E-state index contributed by atoms with van der Waals surface area (Å²) in [6, 6.07) is 0. The number of hydrogen-bond donors (Lipinski definition) is 0. The number of esters is 1. The predicted octanol–water partition coefficient (Wildman–Crippen LogP) is 3.21. The van der Waals surface area contributed by atoms with Crippen molar-refractivity contribution in [2.45, 2.75) is 50.0 Å². The van der Waals surface area contributed by atoms with Crippen LogP contribution < -0.4 is 0 Å². The van der Waals surface area contributed by atoms with Gasteiger partial charge in [-0.25, -0.2) is 0 Å². The quantitative estimate of drug-likeness (QED) is 0.768. The molecule has 0 radical (unpaired) electrons. The van der Waals surface area contributed by atoms with E-state index in [2.05, 4.69) is 17.1 Å². The average Bonchev–Trinajstić information content (AvgIpc) is 2.97. The molecule has 0 amide bonds. The minimum atomic E-state index is -0.907. The topological polar surface area (TPSA) is 65.2 Å². The van der Waals surface area contributed by atoms with Crippen molar-refractivity contribution in [3.05, 3.63) is 11.7 Å². The molecule has 1 aliphatic rings. The van der Waals surface area contributed by atoms with E-state index in [1.807, 2.05) is 23.5 Å². The lowest BCUT2D eigenvalue weighted by molar-refractivity contribution is -0.149. The number of thioether (sulfide) groups is 2. The number of rotatable bonds is 5. The molecule has 2 unspecified atom stereocenters. The Balaban J connectivity index is 2.18. The van der Waals surface area contributed by atoms with Crippen molar-refractivity contribution in [2.24, 2.45) is 0 Å². The minimum absolute atomic E-state index is 0.240. The van der Waals surface area contributed by atoms with Crippen LogP contribution in [0.5, 0.6) is 0 Å². The molecule has 1 aliphatic heterocycles. The summed E-state index contributed by atoms with van der Waals surface area (Å²) in [5.74, 6) is 2.96. The highest BCUT2D eigenvalue weighted by atomic mass is 32.2. The van der Waals surface area contributed by atoms with Gasteiger partial charge in [0.05, 0.1) is 11.9 Å². The van der Waals surface area contributed by atoms with Crippen LogP contribution in [-0.4, -0.2) is 39.5 Å². The Morgan fingerprint density at radius 2 is 2.10 bits per heavy atom. The molecule has 2 heterocycles. The normalized spacial score (nSPS) is 23.0. The molecule has 1 aromatic heterocycles. The number of ether oxygens (including phenoxy) is 1. The van der Waals surface area contributed by atoms with Gasteiger partial charge in [-0.2, -0.15) is 16.7 Å². The highest BCUT2D eigenvalue weighted by Gasteiger charge is 2.39. The molecule has 0 N–H and O–H groups in total. The third kappa shape index (κ3) is 3.56. The molecule has 1 aromatic rings. The van der Waals surface area contributed by atoms with E-state index in [9.17, 15) is 4.79 Å². The molecule has 0 spiro atoms. The monoisotopic (exact) mass is 330 g/mol. The molecule has 1 saturated heterocycles. The zero-order chi connectivity index (χ0) is 15.5. The Morgan fingerprint density at radius 3 is 2.76 bits per heavy atom. The summed E-state index contributed by atoms with van der Waals surface area (Å²) in [5.41, 5.74) is -0.907. The van der Waals surface area contributed by atoms with Crippen molar-refractivity contribution >= 4 is 29.5 Å². The fourth-order valence-corrected chi connectivity index (χ4v) is 5.13. The third-order valence-corrected chi connectivity index (χ3v) is 6.71. The smallest absolute Gasteiger partial charge is 0.321 e. The van der Waals surface area contributed by atoms with E-state index in [1.54, 1.807) is 20.8 Å². The van der Waals surface area contributed by atoms with Crippen molar-refractivity contribution < 1.29 is 14.1 Å². The average molecular weight is 330 g/mol. The summed E-state index contributed by atoms with van der Waals surface area (Å²) in [5, 5.41) is 4.86. The second-order valence-electron chi connectivity index (χ2n) is 5.41. The Labute approximate surface area is 134 Å². The van der Waals surface area contributed by atoms with Gasteiger partial charge in [0, 0.05) is 16.8 Å². The molecule has 0 saturated carbocycles. The highest BCUT2D eigenvalue weighted by molar-refractivity contribution is 8.06. The lowest BCUT2D eigenvalue weighted by Crippen LogP contribution is -2.31. The molecule has 7 heteroatoms. The molecule has 118 valence electrons. The van der Waals surface area contributed by atoms with E-state index in [-0.39, 0.29) is 11.2 Å². The van der Waals surface area contributed by atoms with Crippen molar-refractivity contribution in [1.82, 2.24) is 10.1 Å². The van der Waals surface area contributed by atoms with Gasteiger partial charge < -0.3 is 9.26 Å². The van der Waals surface area contributed by atoms with Gasteiger partial charge in [-0.05, 0) is 27.2 Å². The first-order chi connectivity index (χ1) is 10.0. The Hall–Kier alpha value is -0.690. The molecule has 0 aliphatic carbocycles. The van der Waals surface area contributed by atoms with Crippen LogP contribution in [0.4, 0.5) is 0 Å². The molecule has 2 atom stereocenters. The van der Waals surface area contributed by atoms with Crippen LogP contribution in [0.1, 0.15) is 51.1 Å². The maximum Gasteiger partial charge on any atom is 0.321 e. The van der Waals surface area contributed by atoms with Gasteiger partial charge in [-0.3, -0.25) is 4.79 Å². The molecule has 2 rings (SSSR count). The molecule has 0 bridgehead atoms. The van der Waals surface area contributed by atoms with Gasteiger partial charge in [0.25, 0.3) is 0 Å². The first-order valence-electron chi connectivity index (χ1n) is 7.25. The van der Waals surface area contributed by atoms with Gasteiger partial charge in [-0.15, -0.1) is 11.8 Å². The van der Waals surface area contributed by atoms with Crippen LogP contribution in [0, 0.1) is 0 Å². The van der Waals surface area contributed by atoms with Crippen LogP contribution in [-0.2, 0) is 14.9 Å².